The van der Waals surface area contributed by atoms with E-state index in [0.29, 0.717) is 27.1 Å². The van der Waals surface area contributed by atoms with E-state index in [0.717, 1.165) is 0 Å². The van der Waals surface area contributed by atoms with Crippen LogP contribution in [0.1, 0.15) is 15.9 Å². The zero-order valence-corrected chi connectivity index (χ0v) is 19.4. The van der Waals surface area contributed by atoms with E-state index in [2.05, 4.69) is 10.5 Å². The van der Waals surface area contributed by atoms with Gasteiger partial charge in [0.25, 0.3) is 5.91 Å². The molecular formula is C23H17Cl3N2O5. The number of nitrogens with one attached hydrogen (secondary N) is 1. The summed E-state index contributed by atoms with van der Waals surface area (Å²) in [6.07, 6.45) is 1.41. The molecule has 33 heavy (non-hydrogen) atoms. The second-order valence-electron chi connectivity index (χ2n) is 6.46. The van der Waals surface area contributed by atoms with Crippen LogP contribution in [0.3, 0.4) is 0 Å². The van der Waals surface area contributed by atoms with Gasteiger partial charge >= 0.3 is 5.97 Å². The maximum atomic E-state index is 12.4. The van der Waals surface area contributed by atoms with Crippen molar-refractivity contribution in [3.8, 4) is 17.2 Å². The molecule has 0 atom stereocenters. The first kappa shape index (κ1) is 24.4. The third kappa shape index (κ3) is 7.12. The van der Waals surface area contributed by atoms with E-state index in [-0.39, 0.29) is 22.9 Å². The van der Waals surface area contributed by atoms with E-state index in [4.69, 9.17) is 49.0 Å². The Morgan fingerprint density at radius 3 is 2.39 bits per heavy atom. The van der Waals surface area contributed by atoms with Gasteiger partial charge in [-0.15, -0.1) is 0 Å². The van der Waals surface area contributed by atoms with Crippen molar-refractivity contribution in [2.45, 2.75) is 0 Å². The molecular weight excluding hydrogens is 491 g/mol. The molecule has 1 N–H and O–H groups in total. The second-order valence-corrected chi connectivity index (χ2v) is 7.72. The van der Waals surface area contributed by atoms with Crippen LogP contribution >= 0.6 is 34.8 Å². The maximum Gasteiger partial charge on any atom is 0.343 e. The standard InChI is InChI=1S/C23H17Cl3N2O5/c1-31-21-10-14(12-27-28-22(29)13-32-17-6-4-16(24)5-7-17)2-9-20(21)33-23(30)15-3-8-18(25)19(26)11-15/h2-12H,13H2,1H3,(H,28,29). The first-order chi connectivity index (χ1) is 15.9. The number of hydrazone groups is 1. The van der Waals surface area contributed by atoms with Gasteiger partial charge in [0.2, 0.25) is 0 Å². The van der Waals surface area contributed by atoms with Gasteiger partial charge in [-0.1, -0.05) is 34.8 Å². The van der Waals surface area contributed by atoms with Crippen LogP contribution < -0.4 is 19.6 Å². The van der Waals surface area contributed by atoms with Crippen molar-refractivity contribution in [1.82, 2.24) is 5.43 Å². The van der Waals surface area contributed by atoms with E-state index < -0.39 is 11.9 Å². The number of amides is 1. The van der Waals surface area contributed by atoms with Crippen molar-refractivity contribution in [1.29, 1.82) is 0 Å². The third-order valence-electron chi connectivity index (χ3n) is 4.13. The highest BCUT2D eigenvalue weighted by molar-refractivity contribution is 6.42. The summed E-state index contributed by atoms with van der Waals surface area (Å²) in [6, 6.07) is 15.8. The number of rotatable bonds is 8. The number of hydrogen-bond acceptors (Lipinski definition) is 6. The number of methoxy groups -OCH3 is 1. The summed E-state index contributed by atoms with van der Waals surface area (Å²) in [7, 11) is 1.43. The summed E-state index contributed by atoms with van der Waals surface area (Å²) in [5.41, 5.74) is 3.19. The molecule has 3 aromatic carbocycles. The average molecular weight is 508 g/mol. The van der Waals surface area contributed by atoms with Crippen molar-refractivity contribution in [2.75, 3.05) is 13.7 Å². The topological polar surface area (TPSA) is 86.2 Å². The number of halogens is 3. The Balaban J connectivity index is 1.57. The van der Waals surface area contributed by atoms with Crippen molar-refractivity contribution >= 4 is 52.9 Å². The molecule has 7 nitrogen and oxygen atoms in total. The molecule has 0 unspecified atom stereocenters. The fourth-order valence-electron chi connectivity index (χ4n) is 2.52. The van der Waals surface area contributed by atoms with Gasteiger partial charge in [-0.05, 0) is 66.2 Å². The lowest BCUT2D eigenvalue weighted by Crippen LogP contribution is -2.24. The van der Waals surface area contributed by atoms with E-state index in [1.807, 2.05) is 0 Å². The van der Waals surface area contributed by atoms with Crippen LogP contribution in [0.2, 0.25) is 15.1 Å². The molecule has 0 spiro atoms. The van der Waals surface area contributed by atoms with Crippen molar-refractivity contribution in [3.05, 3.63) is 86.9 Å². The van der Waals surface area contributed by atoms with Crippen molar-refractivity contribution < 1.29 is 23.8 Å². The number of hydrogen-bond donors (Lipinski definition) is 1. The van der Waals surface area contributed by atoms with Crippen molar-refractivity contribution in [3.63, 3.8) is 0 Å². The molecule has 0 heterocycles. The summed E-state index contributed by atoms with van der Waals surface area (Å²) in [5, 5.41) is 5.03. The Hall–Kier alpha value is -3.26. The fraction of sp³-hybridized carbons (Fsp3) is 0.0870. The van der Waals surface area contributed by atoms with E-state index in [1.54, 1.807) is 42.5 Å². The summed E-state index contributed by atoms with van der Waals surface area (Å²) in [5.74, 6) is -0.0632. The minimum absolute atomic E-state index is 0.200. The number of ether oxygens (including phenoxy) is 3. The molecule has 170 valence electrons. The fourth-order valence-corrected chi connectivity index (χ4v) is 2.95. The van der Waals surface area contributed by atoms with Gasteiger partial charge in [0.15, 0.2) is 18.1 Å². The predicted octanol–water partition coefficient (Wildman–Crippen LogP) is 5.40. The third-order valence-corrected chi connectivity index (χ3v) is 5.12. The minimum atomic E-state index is -0.624. The zero-order chi connectivity index (χ0) is 23.8. The highest BCUT2D eigenvalue weighted by atomic mass is 35.5. The minimum Gasteiger partial charge on any atom is -0.493 e. The molecule has 0 aliphatic rings. The molecule has 0 radical (unpaired) electrons. The Labute approximate surface area is 204 Å². The summed E-state index contributed by atoms with van der Waals surface area (Å²) < 4.78 is 16.0. The average Bonchev–Trinajstić information content (AvgIpc) is 2.81. The number of carbonyl (C=O) groups excluding carboxylic acids is 2. The highest BCUT2D eigenvalue weighted by Crippen LogP contribution is 2.29. The van der Waals surface area contributed by atoms with Gasteiger partial charge in [-0.3, -0.25) is 4.79 Å². The molecule has 3 aromatic rings. The number of nitrogens with zero attached hydrogens (tertiary/aromatic N) is 1. The molecule has 0 aromatic heterocycles. The number of carbonyl (C=O) groups is 2. The van der Waals surface area contributed by atoms with Crippen LogP contribution in [0.25, 0.3) is 0 Å². The lowest BCUT2D eigenvalue weighted by atomic mass is 10.2. The van der Waals surface area contributed by atoms with Crippen LogP contribution in [-0.2, 0) is 4.79 Å². The molecule has 0 saturated carbocycles. The van der Waals surface area contributed by atoms with Crippen LogP contribution in [0.4, 0.5) is 0 Å². The first-order valence-corrected chi connectivity index (χ1v) is 10.5. The zero-order valence-electron chi connectivity index (χ0n) is 17.2. The van der Waals surface area contributed by atoms with Crippen LogP contribution in [0.15, 0.2) is 65.8 Å². The summed E-state index contributed by atoms with van der Waals surface area (Å²) in [6.45, 7) is -0.216. The van der Waals surface area contributed by atoms with Crippen LogP contribution in [0, 0.1) is 0 Å². The first-order valence-electron chi connectivity index (χ1n) is 9.41. The van der Waals surface area contributed by atoms with Gasteiger partial charge in [-0.2, -0.15) is 5.10 Å². The summed E-state index contributed by atoms with van der Waals surface area (Å²) >= 11 is 17.6. The van der Waals surface area contributed by atoms with Gasteiger partial charge < -0.3 is 14.2 Å². The maximum absolute atomic E-state index is 12.4. The SMILES string of the molecule is COc1cc(C=NNC(=O)COc2ccc(Cl)cc2)ccc1OC(=O)c1ccc(Cl)c(Cl)c1. The quantitative estimate of drug-likeness (QED) is 0.191. The number of benzene rings is 3. The Morgan fingerprint density at radius 2 is 1.70 bits per heavy atom. The molecule has 1 amide bonds. The van der Waals surface area contributed by atoms with E-state index >= 15 is 0 Å². The van der Waals surface area contributed by atoms with Gasteiger partial charge in [0.05, 0.1) is 28.9 Å². The lowest BCUT2D eigenvalue weighted by Gasteiger charge is -2.10. The molecule has 0 aliphatic carbocycles. The predicted molar refractivity (Wildman–Crippen MR) is 127 cm³/mol. The van der Waals surface area contributed by atoms with Crippen molar-refractivity contribution in [2.24, 2.45) is 5.10 Å². The van der Waals surface area contributed by atoms with Gasteiger partial charge in [0, 0.05) is 5.02 Å². The molecule has 0 aliphatic heterocycles. The van der Waals surface area contributed by atoms with Crippen LogP contribution in [0.5, 0.6) is 17.2 Å². The largest absolute Gasteiger partial charge is 0.493 e. The second kappa shape index (κ2) is 11.6. The van der Waals surface area contributed by atoms with Gasteiger partial charge in [0.1, 0.15) is 5.75 Å². The Bertz CT molecular complexity index is 1180. The Kier molecular flexibility index (Phi) is 8.54. The molecule has 10 heteroatoms. The van der Waals surface area contributed by atoms with E-state index in [9.17, 15) is 9.59 Å². The van der Waals surface area contributed by atoms with Gasteiger partial charge in [-0.25, -0.2) is 10.2 Å². The highest BCUT2D eigenvalue weighted by Gasteiger charge is 2.14. The normalized spacial score (nSPS) is 10.7. The lowest BCUT2D eigenvalue weighted by molar-refractivity contribution is -0.123. The van der Waals surface area contributed by atoms with Crippen LogP contribution in [-0.4, -0.2) is 31.8 Å². The smallest absolute Gasteiger partial charge is 0.343 e. The van der Waals surface area contributed by atoms with E-state index in [1.165, 1.54) is 31.5 Å². The molecule has 0 bridgehead atoms. The Morgan fingerprint density at radius 1 is 0.939 bits per heavy atom. The molecule has 3 rings (SSSR count). The summed E-state index contributed by atoms with van der Waals surface area (Å²) in [4.78, 5) is 24.3. The monoisotopic (exact) mass is 506 g/mol. The number of esters is 1. The molecule has 0 saturated heterocycles. The molecule has 0 fully saturated rings.